The van der Waals surface area contributed by atoms with Gasteiger partial charge >= 0.3 is 0 Å². The van der Waals surface area contributed by atoms with Gasteiger partial charge in [0, 0.05) is 27.7 Å². The van der Waals surface area contributed by atoms with Crippen molar-refractivity contribution in [2.45, 2.75) is 50.3 Å². The Kier molecular flexibility index (Phi) is 3.68. The number of halogens is 2. The lowest BCUT2D eigenvalue weighted by molar-refractivity contribution is 0.205. The number of nitrogens with zero attached hydrogens (tertiary/aromatic N) is 1. The van der Waals surface area contributed by atoms with Crippen LogP contribution in [0.4, 0.5) is 0 Å². The van der Waals surface area contributed by atoms with Crippen molar-refractivity contribution in [3.05, 3.63) is 28.0 Å². The van der Waals surface area contributed by atoms with Crippen LogP contribution in [0.2, 0.25) is 0 Å². The van der Waals surface area contributed by atoms with Gasteiger partial charge in [0.25, 0.3) is 0 Å². The lowest BCUT2D eigenvalue weighted by Gasteiger charge is -2.36. The molecule has 18 heavy (non-hydrogen) atoms. The third-order valence-electron chi connectivity index (χ3n) is 4.80. The van der Waals surface area contributed by atoms with Gasteiger partial charge in [0.1, 0.15) is 0 Å². The van der Waals surface area contributed by atoms with Gasteiger partial charge in [0.15, 0.2) is 0 Å². The summed E-state index contributed by atoms with van der Waals surface area (Å²) in [7, 11) is 0. The van der Waals surface area contributed by atoms with Crippen LogP contribution in [0.5, 0.6) is 0 Å². The van der Waals surface area contributed by atoms with E-state index in [-0.39, 0.29) is 0 Å². The van der Waals surface area contributed by atoms with Gasteiger partial charge in [-0.15, -0.1) is 11.6 Å². The standard InChI is InChI=1S/C15H19BrClN/c1-9-14-5-4-13(17)7-10(14)2-3-11-6-12(16)8-18-15(9)11/h6,8-10,13-14H,2-5,7H2,1H3. The molecular formula is C15H19BrClN. The number of rotatable bonds is 0. The molecule has 0 N–H and O–H groups in total. The second-order valence-electron chi connectivity index (χ2n) is 5.86. The van der Waals surface area contributed by atoms with Crippen LogP contribution < -0.4 is 0 Å². The van der Waals surface area contributed by atoms with Crippen LogP contribution in [-0.2, 0) is 6.42 Å². The SMILES string of the molecule is CC1c2ncc(Br)cc2CCC2CC(Cl)CCC21. The third-order valence-corrected chi connectivity index (χ3v) is 5.63. The highest BCUT2D eigenvalue weighted by molar-refractivity contribution is 9.10. The molecule has 0 radical (unpaired) electrons. The smallest absolute Gasteiger partial charge is 0.0467 e. The van der Waals surface area contributed by atoms with Gasteiger partial charge in [0.2, 0.25) is 0 Å². The van der Waals surface area contributed by atoms with Gasteiger partial charge in [-0.1, -0.05) is 6.92 Å². The van der Waals surface area contributed by atoms with Crippen molar-refractivity contribution in [1.82, 2.24) is 4.98 Å². The quantitative estimate of drug-likeness (QED) is 0.616. The monoisotopic (exact) mass is 327 g/mol. The lowest BCUT2D eigenvalue weighted by atomic mass is 9.72. The van der Waals surface area contributed by atoms with Gasteiger partial charge < -0.3 is 0 Å². The van der Waals surface area contributed by atoms with E-state index in [1.54, 1.807) is 0 Å². The average molecular weight is 329 g/mol. The highest BCUT2D eigenvalue weighted by Gasteiger charge is 2.36. The van der Waals surface area contributed by atoms with Crippen molar-refractivity contribution in [2.75, 3.05) is 0 Å². The van der Waals surface area contributed by atoms with Gasteiger partial charge in [-0.3, -0.25) is 4.98 Å². The summed E-state index contributed by atoms with van der Waals surface area (Å²) in [5, 5.41) is 0.402. The largest absolute Gasteiger partial charge is 0.260 e. The summed E-state index contributed by atoms with van der Waals surface area (Å²) >= 11 is 9.89. The Bertz CT molecular complexity index is 448. The van der Waals surface area contributed by atoms with E-state index in [1.165, 1.54) is 36.9 Å². The van der Waals surface area contributed by atoms with Crippen LogP contribution in [0.15, 0.2) is 16.7 Å². The molecule has 4 unspecified atom stereocenters. The number of hydrogen-bond donors (Lipinski definition) is 0. The van der Waals surface area contributed by atoms with Crippen molar-refractivity contribution >= 4 is 27.5 Å². The van der Waals surface area contributed by atoms with E-state index < -0.39 is 0 Å². The summed E-state index contributed by atoms with van der Waals surface area (Å²) in [5.74, 6) is 2.17. The molecule has 0 spiro atoms. The van der Waals surface area contributed by atoms with Gasteiger partial charge in [-0.2, -0.15) is 0 Å². The fourth-order valence-electron chi connectivity index (χ4n) is 3.87. The fourth-order valence-corrected chi connectivity index (χ4v) is 4.60. The van der Waals surface area contributed by atoms with Gasteiger partial charge in [-0.25, -0.2) is 0 Å². The van der Waals surface area contributed by atoms with Crippen molar-refractivity contribution in [2.24, 2.45) is 11.8 Å². The van der Waals surface area contributed by atoms with E-state index in [2.05, 4.69) is 28.9 Å². The van der Waals surface area contributed by atoms with E-state index in [4.69, 9.17) is 16.6 Å². The molecule has 0 amide bonds. The van der Waals surface area contributed by atoms with Crippen molar-refractivity contribution in [1.29, 1.82) is 0 Å². The molecule has 1 aromatic rings. The zero-order chi connectivity index (χ0) is 12.7. The first-order chi connectivity index (χ1) is 8.65. The summed E-state index contributed by atoms with van der Waals surface area (Å²) in [5.41, 5.74) is 2.77. The highest BCUT2D eigenvalue weighted by atomic mass is 79.9. The Labute approximate surface area is 122 Å². The predicted octanol–water partition coefficient (Wildman–Crippen LogP) is 4.92. The number of aromatic nitrogens is 1. The summed E-state index contributed by atoms with van der Waals surface area (Å²) in [6, 6.07) is 2.26. The summed E-state index contributed by atoms with van der Waals surface area (Å²) < 4.78 is 1.11. The highest BCUT2D eigenvalue weighted by Crippen LogP contribution is 2.46. The molecule has 3 rings (SSSR count). The second-order valence-corrected chi connectivity index (χ2v) is 7.39. The molecule has 2 aliphatic rings. The third kappa shape index (κ3) is 2.34. The van der Waals surface area contributed by atoms with Crippen LogP contribution in [0.1, 0.15) is 49.8 Å². The summed E-state index contributed by atoms with van der Waals surface area (Å²) in [6.07, 6.45) is 8.05. The van der Waals surface area contributed by atoms with E-state index in [0.717, 1.165) is 22.7 Å². The average Bonchev–Trinajstić information content (AvgIpc) is 2.47. The number of aryl methyl sites for hydroxylation is 1. The number of alkyl halides is 1. The summed E-state index contributed by atoms with van der Waals surface area (Å²) in [4.78, 5) is 4.69. The molecule has 0 bridgehead atoms. The Morgan fingerprint density at radius 2 is 2.17 bits per heavy atom. The maximum Gasteiger partial charge on any atom is 0.0467 e. The molecule has 1 heterocycles. The van der Waals surface area contributed by atoms with E-state index in [0.29, 0.717) is 11.3 Å². The molecular weight excluding hydrogens is 310 g/mol. The van der Waals surface area contributed by atoms with E-state index in [9.17, 15) is 0 Å². The zero-order valence-corrected chi connectivity index (χ0v) is 13.0. The van der Waals surface area contributed by atoms with Crippen molar-refractivity contribution in [3.63, 3.8) is 0 Å². The molecule has 0 saturated heterocycles. The first kappa shape index (κ1) is 12.9. The normalized spacial score (nSPS) is 35.5. The fraction of sp³-hybridized carbons (Fsp3) is 0.667. The first-order valence-electron chi connectivity index (χ1n) is 6.93. The van der Waals surface area contributed by atoms with Crippen LogP contribution >= 0.6 is 27.5 Å². The van der Waals surface area contributed by atoms with Gasteiger partial charge in [-0.05, 0) is 71.5 Å². The molecule has 4 atom stereocenters. The lowest BCUT2D eigenvalue weighted by Crippen LogP contribution is -2.28. The minimum Gasteiger partial charge on any atom is -0.260 e. The van der Waals surface area contributed by atoms with Crippen LogP contribution in [0, 0.1) is 11.8 Å². The molecule has 98 valence electrons. The minimum atomic E-state index is 0.402. The van der Waals surface area contributed by atoms with Crippen molar-refractivity contribution in [3.8, 4) is 0 Å². The number of pyridine rings is 1. The first-order valence-corrected chi connectivity index (χ1v) is 8.16. The molecule has 1 fully saturated rings. The Morgan fingerprint density at radius 1 is 1.33 bits per heavy atom. The maximum absolute atomic E-state index is 6.35. The molecule has 0 aromatic carbocycles. The van der Waals surface area contributed by atoms with Crippen LogP contribution in [0.25, 0.3) is 0 Å². The number of hydrogen-bond acceptors (Lipinski definition) is 1. The second kappa shape index (κ2) is 5.13. The number of fused-ring (bicyclic) bond motifs is 2. The van der Waals surface area contributed by atoms with E-state index >= 15 is 0 Å². The topological polar surface area (TPSA) is 12.9 Å². The Morgan fingerprint density at radius 3 is 3.00 bits per heavy atom. The van der Waals surface area contributed by atoms with E-state index in [1.807, 2.05) is 6.20 Å². The molecule has 1 saturated carbocycles. The zero-order valence-electron chi connectivity index (χ0n) is 10.7. The van der Waals surface area contributed by atoms with Gasteiger partial charge in [0.05, 0.1) is 0 Å². The molecule has 2 aliphatic carbocycles. The van der Waals surface area contributed by atoms with Crippen LogP contribution in [-0.4, -0.2) is 10.4 Å². The predicted molar refractivity (Wildman–Crippen MR) is 79.1 cm³/mol. The molecule has 0 aliphatic heterocycles. The van der Waals surface area contributed by atoms with Crippen molar-refractivity contribution < 1.29 is 0 Å². The minimum absolute atomic E-state index is 0.402. The maximum atomic E-state index is 6.35. The molecule has 1 aromatic heterocycles. The Balaban J connectivity index is 1.94. The molecule has 3 heteroatoms. The van der Waals surface area contributed by atoms with Crippen LogP contribution in [0.3, 0.4) is 0 Å². The Hall–Kier alpha value is -0.0800. The molecule has 1 nitrogen and oxygen atoms in total. The summed E-state index contributed by atoms with van der Waals surface area (Å²) in [6.45, 7) is 2.36.